The standard InChI is InChI=1S/C21H32N2O4/c1-5-6-15-26-19(24)22-18-9-7-16(8-10-18)17-11-13-23(14-12-17)20(25)27-21(2,3)4/h7-10,17H,5-6,11-15H2,1-4H3,(H,22,24). The van der Waals surface area contributed by atoms with Crippen molar-refractivity contribution < 1.29 is 19.1 Å². The molecule has 0 unspecified atom stereocenters. The van der Waals surface area contributed by atoms with Crippen LogP contribution >= 0.6 is 0 Å². The number of piperidine rings is 1. The number of ether oxygens (including phenoxy) is 2. The van der Waals surface area contributed by atoms with E-state index in [0.717, 1.165) is 31.4 Å². The number of hydrogen-bond donors (Lipinski definition) is 1. The molecule has 27 heavy (non-hydrogen) atoms. The lowest BCUT2D eigenvalue weighted by Gasteiger charge is -2.33. The summed E-state index contributed by atoms with van der Waals surface area (Å²) in [6.07, 6.45) is 3.03. The summed E-state index contributed by atoms with van der Waals surface area (Å²) >= 11 is 0. The first-order chi connectivity index (χ1) is 12.8. The average Bonchev–Trinajstić information content (AvgIpc) is 2.61. The molecule has 2 rings (SSSR count). The SMILES string of the molecule is CCCCOC(=O)Nc1ccc(C2CCN(C(=O)OC(C)(C)C)CC2)cc1. The van der Waals surface area contributed by atoms with Crippen molar-refractivity contribution in [2.45, 2.75) is 64.9 Å². The zero-order chi connectivity index (χ0) is 19.9. The molecule has 0 aromatic heterocycles. The van der Waals surface area contributed by atoms with Gasteiger partial charge in [0.25, 0.3) is 0 Å². The van der Waals surface area contributed by atoms with E-state index in [-0.39, 0.29) is 6.09 Å². The second-order valence-electron chi connectivity index (χ2n) is 7.98. The Bertz CT molecular complexity index is 614. The van der Waals surface area contributed by atoms with Gasteiger partial charge in [0.05, 0.1) is 6.61 Å². The summed E-state index contributed by atoms with van der Waals surface area (Å²) in [5.74, 6) is 0.411. The second kappa shape index (κ2) is 9.62. The van der Waals surface area contributed by atoms with E-state index in [1.807, 2.05) is 45.0 Å². The van der Waals surface area contributed by atoms with Crippen LogP contribution in [0.1, 0.15) is 64.9 Å². The average molecular weight is 376 g/mol. The fourth-order valence-electron chi connectivity index (χ4n) is 3.02. The van der Waals surface area contributed by atoms with Gasteiger partial charge in [0, 0.05) is 18.8 Å². The van der Waals surface area contributed by atoms with Crippen LogP contribution in [0.15, 0.2) is 24.3 Å². The monoisotopic (exact) mass is 376 g/mol. The number of amides is 2. The van der Waals surface area contributed by atoms with E-state index < -0.39 is 11.7 Å². The lowest BCUT2D eigenvalue weighted by molar-refractivity contribution is 0.0205. The van der Waals surface area contributed by atoms with E-state index in [4.69, 9.17) is 9.47 Å². The maximum Gasteiger partial charge on any atom is 0.411 e. The Morgan fingerprint density at radius 1 is 1.15 bits per heavy atom. The first-order valence-electron chi connectivity index (χ1n) is 9.80. The van der Waals surface area contributed by atoms with Crippen molar-refractivity contribution >= 4 is 17.9 Å². The van der Waals surface area contributed by atoms with Gasteiger partial charge >= 0.3 is 12.2 Å². The Balaban J connectivity index is 1.81. The zero-order valence-electron chi connectivity index (χ0n) is 16.9. The molecule has 1 saturated heterocycles. The summed E-state index contributed by atoms with van der Waals surface area (Å²) in [4.78, 5) is 25.6. The Morgan fingerprint density at radius 3 is 2.33 bits per heavy atom. The lowest BCUT2D eigenvalue weighted by atomic mass is 9.89. The molecule has 1 fully saturated rings. The molecular weight excluding hydrogens is 344 g/mol. The van der Waals surface area contributed by atoms with Crippen LogP contribution in [0.5, 0.6) is 0 Å². The number of unbranched alkanes of at least 4 members (excludes halogenated alkanes) is 1. The van der Waals surface area contributed by atoms with Crippen molar-refractivity contribution in [1.82, 2.24) is 4.90 Å². The van der Waals surface area contributed by atoms with E-state index in [9.17, 15) is 9.59 Å². The Labute approximate surface area is 162 Å². The van der Waals surface area contributed by atoms with Crippen LogP contribution in [0.4, 0.5) is 15.3 Å². The Hall–Kier alpha value is -2.24. The van der Waals surface area contributed by atoms with Gasteiger partial charge in [-0.2, -0.15) is 0 Å². The Morgan fingerprint density at radius 2 is 1.78 bits per heavy atom. The molecule has 1 aliphatic heterocycles. The topological polar surface area (TPSA) is 67.9 Å². The smallest absolute Gasteiger partial charge is 0.411 e. The summed E-state index contributed by atoms with van der Waals surface area (Å²) in [7, 11) is 0. The molecule has 1 aromatic rings. The molecule has 0 saturated carbocycles. The molecule has 1 aliphatic rings. The highest BCUT2D eigenvalue weighted by molar-refractivity contribution is 5.84. The third kappa shape index (κ3) is 7.12. The molecule has 0 aliphatic carbocycles. The number of rotatable bonds is 5. The zero-order valence-corrected chi connectivity index (χ0v) is 16.9. The predicted molar refractivity (Wildman–Crippen MR) is 106 cm³/mol. The first kappa shape index (κ1) is 21.1. The maximum absolute atomic E-state index is 12.2. The quantitative estimate of drug-likeness (QED) is 0.722. The lowest BCUT2D eigenvalue weighted by Crippen LogP contribution is -2.41. The highest BCUT2D eigenvalue weighted by Gasteiger charge is 2.27. The largest absolute Gasteiger partial charge is 0.449 e. The third-order valence-corrected chi connectivity index (χ3v) is 4.51. The summed E-state index contributed by atoms with van der Waals surface area (Å²) in [6, 6.07) is 7.87. The minimum atomic E-state index is -0.464. The highest BCUT2D eigenvalue weighted by atomic mass is 16.6. The third-order valence-electron chi connectivity index (χ3n) is 4.51. The van der Waals surface area contributed by atoms with Crippen molar-refractivity contribution in [3.05, 3.63) is 29.8 Å². The van der Waals surface area contributed by atoms with Crippen LogP contribution in [0, 0.1) is 0 Å². The number of carbonyl (C=O) groups excluding carboxylic acids is 2. The van der Waals surface area contributed by atoms with Crippen molar-refractivity contribution in [2.24, 2.45) is 0 Å². The van der Waals surface area contributed by atoms with Crippen LogP contribution in [0.2, 0.25) is 0 Å². The molecule has 0 bridgehead atoms. The highest BCUT2D eigenvalue weighted by Crippen LogP contribution is 2.29. The summed E-state index contributed by atoms with van der Waals surface area (Å²) < 4.78 is 10.5. The molecule has 150 valence electrons. The minimum absolute atomic E-state index is 0.234. The van der Waals surface area contributed by atoms with Gasteiger partial charge < -0.3 is 14.4 Å². The van der Waals surface area contributed by atoms with Crippen LogP contribution in [-0.4, -0.2) is 42.4 Å². The molecule has 0 radical (unpaired) electrons. The summed E-state index contributed by atoms with van der Waals surface area (Å²) in [5, 5.41) is 2.74. The van der Waals surface area contributed by atoms with Gasteiger partial charge in [-0.25, -0.2) is 9.59 Å². The molecule has 2 amide bonds. The van der Waals surface area contributed by atoms with Crippen LogP contribution in [0.3, 0.4) is 0 Å². The van der Waals surface area contributed by atoms with Crippen LogP contribution in [0.25, 0.3) is 0 Å². The summed E-state index contributed by atoms with van der Waals surface area (Å²) in [6.45, 7) is 9.54. The first-order valence-corrected chi connectivity index (χ1v) is 9.80. The number of benzene rings is 1. The van der Waals surface area contributed by atoms with Gasteiger partial charge in [-0.15, -0.1) is 0 Å². The van der Waals surface area contributed by atoms with Crippen LogP contribution in [-0.2, 0) is 9.47 Å². The molecular formula is C21H32N2O4. The summed E-state index contributed by atoms with van der Waals surface area (Å²) in [5.41, 5.74) is 1.49. The molecule has 0 spiro atoms. The van der Waals surface area contributed by atoms with Gasteiger partial charge in [0.15, 0.2) is 0 Å². The minimum Gasteiger partial charge on any atom is -0.449 e. The van der Waals surface area contributed by atoms with Gasteiger partial charge in [0.1, 0.15) is 5.60 Å². The molecule has 0 atom stereocenters. The van der Waals surface area contributed by atoms with Gasteiger partial charge in [-0.1, -0.05) is 25.5 Å². The fraction of sp³-hybridized carbons (Fsp3) is 0.619. The maximum atomic E-state index is 12.2. The number of nitrogens with zero attached hydrogens (tertiary/aromatic N) is 1. The van der Waals surface area contributed by atoms with E-state index in [1.165, 1.54) is 5.56 Å². The van der Waals surface area contributed by atoms with E-state index in [0.29, 0.717) is 25.6 Å². The number of likely N-dealkylation sites (tertiary alicyclic amines) is 1. The molecule has 6 heteroatoms. The molecule has 1 aromatic carbocycles. The van der Waals surface area contributed by atoms with Crippen molar-refractivity contribution in [2.75, 3.05) is 25.0 Å². The van der Waals surface area contributed by atoms with Crippen molar-refractivity contribution in [3.63, 3.8) is 0 Å². The van der Waals surface area contributed by atoms with E-state index >= 15 is 0 Å². The van der Waals surface area contributed by atoms with Gasteiger partial charge in [-0.3, -0.25) is 5.32 Å². The number of nitrogens with one attached hydrogen (secondary N) is 1. The van der Waals surface area contributed by atoms with Crippen LogP contribution < -0.4 is 5.32 Å². The number of hydrogen-bond acceptors (Lipinski definition) is 4. The second-order valence-corrected chi connectivity index (χ2v) is 7.98. The number of anilines is 1. The van der Waals surface area contributed by atoms with Gasteiger partial charge in [-0.05, 0) is 63.6 Å². The Kier molecular flexibility index (Phi) is 7.51. The normalized spacial score (nSPS) is 15.3. The van der Waals surface area contributed by atoms with Crippen molar-refractivity contribution in [3.8, 4) is 0 Å². The van der Waals surface area contributed by atoms with Crippen molar-refractivity contribution in [1.29, 1.82) is 0 Å². The van der Waals surface area contributed by atoms with E-state index in [1.54, 1.807) is 4.90 Å². The fourth-order valence-corrected chi connectivity index (χ4v) is 3.02. The van der Waals surface area contributed by atoms with E-state index in [2.05, 4.69) is 12.2 Å². The number of carbonyl (C=O) groups is 2. The predicted octanol–water partition coefficient (Wildman–Crippen LogP) is 5.15. The molecule has 1 N–H and O–H groups in total. The molecule has 6 nitrogen and oxygen atoms in total. The van der Waals surface area contributed by atoms with Gasteiger partial charge in [0.2, 0.25) is 0 Å². The molecule has 1 heterocycles.